The molecular formula is C38H49N7O7. The van der Waals surface area contributed by atoms with Gasteiger partial charge >= 0.3 is 12.1 Å². The van der Waals surface area contributed by atoms with Gasteiger partial charge in [0.25, 0.3) is 0 Å². The van der Waals surface area contributed by atoms with E-state index in [2.05, 4.69) is 20.2 Å². The summed E-state index contributed by atoms with van der Waals surface area (Å²) in [6.45, 7) is 12.0. The molecule has 14 heteroatoms. The molecule has 2 aromatic heterocycles. The molecule has 2 saturated heterocycles. The molecule has 1 atom stereocenters. The maximum atomic E-state index is 14.0. The number of hydrogen-bond acceptors (Lipinski definition) is 11. The van der Waals surface area contributed by atoms with Crippen LogP contribution in [0.3, 0.4) is 0 Å². The number of ether oxygens (including phenoxy) is 3. The van der Waals surface area contributed by atoms with Crippen molar-refractivity contribution in [3.8, 4) is 11.5 Å². The SMILES string of the molecule is COc1ccc(CN2C(=O)C(C)(C)c3c(N4CCC(c5nc(C(=O)O)ccc5NCC5CCCN5C(=O)OC(C)(C)C)CC4)ncnc32)c(OC)c1. The third-order valence-corrected chi connectivity index (χ3v) is 10.1. The van der Waals surface area contributed by atoms with Gasteiger partial charge in [-0.1, -0.05) is 0 Å². The lowest BCUT2D eigenvalue weighted by Crippen LogP contribution is -2.42. The van der Waals surface area contributed by atoms with Crippen LogP contribution in [0.5, 0.6) is 11.5 Å². The Labute approximate surface area is 304 Å². The highest BCUT2D eigenvalue weighted by atomic mass is 16.6. The molecule has 0 radical (unpaired) electrons. The number of anilines is 3. The Morgan fingerprint density at radius 3 is 2.40 bits per heavy atom. The van der Waals surface area contributed by atoms with Crippen molar-refractivity contribution in [3.05, 3.63) is 59.2 Å². The van der Waals surface area contributed by atoms with Crippen LogP contribution < -0.4 is 24.6 Å². The number of carbonyl (C=O) groups excluding carboxylic acids is 2. The van der Waals surface area contributed by atoms with Gasteiger partial charge in [0, 0.05) is 43.7 Å². The summed E-state index contributed by atoms with van der Waals surface area (Å²) in [7, 11) is 3.19. The van der Waals surface area contributed by atoms with Crippen molar-refractivity contribution in [3.63, 3.8) is 0 Å². The molecule has 3 aliphatic rings. The Bertz CT molecular complexity index is 1830. The van der Waals surface area contributed by atoms with Gasteiger partial charge in [-0.15, -0.1) is 0 Å². The smallest absolute Gasteiger partial charge is 0.410 e. The Morgan fingerprint density at radius 1 is 1.00 bits per heavy atom. The minimum atomic E-state index is -1.09. The lowest BCUT2D eigenvalue weighted by atomic mass is 9.86. The first-order valence-electron chi connectivity index (χ1n) is 17.8. The number of carboxylic acid groups (broad SMARTS) is 1. The fraction of sp³-hybridized carbons (Fsp3) is 0.526. The molecule has 0 bridgehead atoms. The summed E-state index contributed by atoms with van der Waals surface area (Å²) < 4.78 is 16.6. The summed E-state index contributed by atoms with van der Waals surface area (Å²) in [5, 5.41) is 13.3. The summed E-state index contributed by atoms with van der Waals surface area (Å²) in [5.41, 5.74) is 1.60. The number of hydrogen-bond donors (Lipinski definition) is 2. The molecule has 2 amide bonds. The Hall–Kier alpha value is -5.14. The largest absolute Gasteiger partial charge is 0.497 e. The molecule has 0 spiro atoms. The summed E-state index contributed by atoms with van der Waals surface area (Å²) in [6, 6.07) is 8.77. The highest BCUT2D eigenvalue weighted by Gasteiger charge is 2.48. The van der Waals surface area contributed by atoms with E-state index in [0.29, 0.717) is 62.0 Å². The van der Waals surface area contributed by atoms with Crippen LogP contribution in [0.4, 0.5) is 22.1 Å². The number of amides is 2. The predicted octanol–water partition coefficient (Wildman–Crippen LogP) is 5.61. The van der Waals surface area contributed by atoms with Crippen LogP contribution in [-0.4, -0.2) is 95.0 Å². The highest BCUT2D eigenvalue weighted by Crippen LogP contribution is 2.47. The number of carbonyl (C=O) groups is 3. The molecule has 14 nitrogen and oxygen atoms in total. The lowest BCUT2D eigenvalue weighted by Gasteiger charge is -2.35. The second-order valence-electron chi connectivity index (χ2n) is 15.1. The van der Waals surface area contributed by atoms with Crippen LogP contribution in [0, 0.1) is 0 Å². The molecule has 278 valence electrons. The number of aromatic carboxylic acids is 1. The van der Waals surface area contributed by atoms with Crippen molar-refractivity contribution in [2.24, 2.45) is 0 Å². The fourth-order valence-electron chi connectivity index (χ4n) is 7.47. The van der Waals surface area contributed by atoms with Gasteiger partial charge in [-0.05, 0) is 84.6 Å². The van der Waals surface area contributed by atoms with E-state index in [1.807, 2.05) is 46.8 Å². The monoisotopic (exact) mass is 715 g/mol. The average molecular weight is 716 g/mol. The number of pyridine rings is 1. The number of nitrogens with one attached hydrogen (secondary N) is 1. The van der Waals surface area contributed by atoms with Gasteiger partial charge < -0.3 is 34.4 Å². The summed E-state index contributed by atoms with van der Waals surface area (Å²) in [4.78, 5) is 58.5. The van der Waals surface area contributed by atoms with Crippen LogP contribution in [0.2, 0.25) is 0 Å². The minimum Gasteiger partial charge on any atom is -0.497 e. The third kappa shape index (κ3) is 7.28. The molecule has 0 saturated carbocycles. The van der Waals surface area contributed by atoms with Crippen molar-refractivity contribution in [1.29, 1.82) is 0 Å². The molecule has 1 unspecified atom stereocenters. The number of benzene rings is 1. The van der Waals surface area contributed by atoms with E-state index >= 15 is 0 Å². The first-order valence-corrected chi connectivity index (χ1v) is 17.8. The zero-order chi connectivity index (χ0) is 37.4. The van der Waals surface area contributed by atoms with Crippen LogP contribution in [0.1, 0.15) is 93.5 Å². The zero-order valence-corrected chi connectivity index (χ0v) is 31.1. The Morgan fingerprint density at radius 2 is 1.73 bits per heavy atom. The number of likely N-dealkylation sites (tertiary alicyclic amines) is 1. The molecule has 1 aromatic carbocycles. The van der Waals surface area contributed by atoms with Gasteiger partial charge in [-0.3, -0.25) is 9.69 Å². The first-order chi connectivity index (χ1) is 24.7. The number of carboxylic acids is 1. The van der Waals surface area contributed by atoms with Crippen LogP contribution in [0.25, 0.3) is 0 Å². The molecule has 6 rings (SSSR count). The molecule has 52 heavy (non-hydrogen) atoms. The van der Waals surface area contributed by atoms with E-state index in [9.17, 15) is 19.5 Å². The van der Waals surface area contributed by atoms with E-state index in [1.165, 1.54) is 12.4 Å². The highest BCUT2D eigenvalue weighted by molar-refractivity contribution is 6.08. The van der Waals surface area contributed by atoms with Crippen molar-refractivity contribution in [2.45, 2.75) is 89.8 Å². The van der Waals surface area contributed by atoms with Crippen LogP contribution >= 0.6 is 0 Å². The molecular weight excluding hydrogens is 666 g/mol. The van der Waals surface area contributed by atoms with Gasteiger partial charge in [0.15, 0.2) is 0 Å². The number of aromatic nitrogens is 3. The van der Waals surface area contributed by atoms with Crippen molar-refractivity contribution in [1.82, 2.24) is 19.9 Å². The maximum absolute atomic E-state index is 14.0. The molecule has 3 aliphatic heterocycles. The maximum Gasteiger partial charge on any atom is 0.410 e. The molecule has 2 fully saturated rings. The zero-order valence-electron chi connectivity index (χ0n) is 31.1. The van der Waals surface area contributed by atoms with Crippen molar-refractivity contribution < 1.29 is 33.7 Å². The Balaban J connectivity index is 1.20. The average Bonchev–Trinajstić information content (AvgIpc) is 3.67. The Kier molecular flexibility index (Phi) is 10.2. The number of methoxy groups -OCH3 is 2. The van der Waals surface area contributed by atoms with Crippen molar-refractivity contribution >= 4 is 35.3 Å². The summed E-state index contributed by atoms with van der Waals surface area (Å²) >= 11 is 0. The van der Waals surface area contributed by atoms with Crippen LogP contribution in [-0.2, 0) is 21.5 Å². The van der Waals surface area contributed by atoms with Crippen molar-refractivity contribution in [2.75, 3.05) is 55.5 Å². The molecule has 3 aromatic rings. The summed E-state index contributed by atoms with van der Waals surface area (Å²) in [5.74, 6) is 1.40. The normalized spacial score (nSPS) is 18.7. The van der Waals surface area contributed by atoms with E-state index in [-0.39, 0.29) is 36.2 Å². The van der Waals surface area contributed by atoms with E-state index in [0.717, 1.165) is 35.5 Å². The quantitative estimate of drug-likeness (QED) is 0.268. The van der Waals surface area contributed by atoms with Gasteiger partial charge in [-0.2, -0.15) is 0 Å². The standard InChI is InChI=1S/C38H49N7O7/c1-37(2,3)52-36(49)44-16-8-9-25(44)20-39-27-12-13-28(34(46)47)42-31(27)23-14-17-43(18-15-23)32-30-33(41-22-40-32)45(35(48)38(30,4)5)21-24-10-11-26(50-6)19-29(24)51-7/h10-13,19,22-23,25,39H,8-9,14-18,20-21H2,1-7H3,(H,46,47). The lowest BCUT2D eigenvalue weighted by molar-refractivity contribution is -0.122. The van der Waals surface area contributed by atoms with E-state index in [1.54, 1.807) is 36.2 Å². The van der Waals surface area contributed by atoms with Gasteiger partial charge in [0.05, 0.1) is 49.2 Å². The number of rotatable bonds is 10. The second kappa shape index (κ2) is 14.5. The molecule has 5 heterocycles. The van der Waals surface area contributed by atoms with Gasteiger partial charge in [-0.25, -0.2) is 24.5 Å². The number of nitrogens with zero attached hydrogens (tertiary/aromatic N) is 6. The predicted molar refractivity (Wildman–Crippen MR) is 196 cm³/mol. The second-order valence-corrected chi connectivity index (χ2v) is 15.1. The van der Waals surface area contributed by atoms with Gasteiger partial charge in [0.1, 0.15) is 40.8 Å². The first kappa shape index (κ1) is 36.6. The number of piperidine rings is 1. The fourth-order valence-corrected chi connectivity index (χ4v) is 7.47. The van der Waals surface area contributed by atoms with E-state index in [4.69, 9.17) is 19.2 Å². The third-order valence-electron chi connectivity index (χ3n) is 10.1. The summed E-state index contributed by atoms with van der Waals surface area (Å²) in [6.07, 6.45) is 4.30. The topological polar surface area (TPSA) is 160 Å². The molecule has 0 aliphatic carbocycles. The number of fused-ring (bicyclic) bond motifs is 1. The molecule has 2 N–H and O–H groups in total. The van der Waals surface area contributed by atoms with Crippen LogP contribution in [0.15, 0.2) is 36.7 Å². The minimum absolute atomic E-state index is 0.0123. The van der Waals surface area contributed by atoms with E-state index < -0.39 is 17.0 Å². The van der Waals surface area contributed by atoms with Gasteiger partial charge in [0.2, 0.25) is 5.91 Å².